The van der Waals surface area contributed by atoms with Crippen molar-refractivity contribution < 1.29 is 17.1 Å². The third kappa shape index (κ3) is 19.3. The molecular weight excluding hydrogens is 511 g/mol. The average molecular weight is 513 g/mol. The SMILES string of the molecule is S.[Bi].[Cu].[Se].[Te]. The van der Waals surface area contributed by atoms with Crippen molar-refractivity contribution in [2.24, 2.45) is 0 Å². The van der Waals surface area contributed by atoms with E-state index in [1.54, 1.807) is 0 Å². The van der Waals surface area contributed by atoms with Crippen LogP contribution >= 0.6 is 13.5 Å². The van der Waals surface area contributed by atoms with Crippen LogP contribution in [0.15, 0.2) is 0 Å². The molecule has 36 valence electrons. The van der Waals surface area contributed by atoms with Crippen LogP contribution < -0.4 is 0 Å². The third-order valence-electron chi connectivity index (χ3n) is 0. The maximum absolute atomic E-state index is 0. The Labute approximate surface area is 95.9 Å². The molecule has 0 amide bonds. The number of rotatable bonds is 0. The Balaban J connectivity index is 0. The second-order valence-corrected chi connectivity index (χ2v) is 0. The molecule has 0 spiro atoms. The summed E-state index contributed by atoms with van der Waals surface area (Å²) in [6.45, 7) is 0. The molecule has 0 N–H and O–H groups in total. The van der Waals surface area contributed by atoms with Gasteiger partial charge in [0, 0.05) is 84.0 Å². The molecule has 5 heteroatoms. The Bertz CT molecular complexity index is 11.6. The van der Waals surface area contributed by atoms with E-state index in [-0.39, 0.29) is 97.5 Å². The summed E-state index contributed by atoms with van der Waals surface area (Å²) in [4.78, 5) is 0. The maximum Gasteiger partial charge on any atom is 0 e. The molecule has 0 saturated heterocycles. The fourth-order valence-electron chi connectivity index (χ4n) is 0. The standard InChI is InChI=1S/Bi.Cu.H2S.Se.Te/h;;1H2;;. The second kappa shape index (κ2) is 27.7. The first-order chi connectivity index (χ1) is 0. The molecule has 0 aromatic rings. The molecule has 0 aromatic carbocycles. The minimum atomic E-state index is 0. The molecule has 0 saturated carbocycles. The van der Waals surface area contributed by atoms with E-state index in [1.165, 1.54) is 0 Å². The predicted octanol–water partition coefficient (Wildman–Crippen LogP) is -1.03. The fraction of sp³-hybridized carbons (Fsp3) is 0. The van der Waals surface area contributed by atoms with Crippen molar-refractivity contribution in [1.29, 1.82) is 0 Å². The molecule has 0 unspecified atom stereocenters. The summed E-state index contributed by atoms with van der Waals surface area (Å²) in [6, 6.07) is 0. The van der Waals surface area contributed by atoms with E-state index in [9.17, 15) is 0 Å². The number of hydrogen-bond donors (Lipinski definition) is 0. The molecule has 0 nitrogen and oxygen atoms in total. The Hall–Kier alpha value is 3.06. The van der Waals surface area contributed by atoms with Crippen LogP contribution in [-0.2, 0) is 17.1 Å². The Morgan fingerprint density at radius 1 is 1.00 bits per heavy atom. The minimum absolute atomic E-state index is 0. The zero-order valence-electron chi connectivity index (χ0n) is 2.07. The smallest absolute Gasteiger partial charge is 0 e. The van der Waals surface area contributed by atoms with E-state index in [0.29, 0.717) is 0 Å². The molecule has 5 heavy (non-hydrogen) atoms. The summed E-state index contributed by atoms with van der Waals surface area (Å²) >= 11 is 0. The van der Waals surface area contributed by atoms with Crippen molar-refractivity contribution in [2.45, 2.75) is 0 Å². The summed E-state index contributed by atoms with van der Waals surface area (Å²) in [5.74, 6) is 0. The molecule has 0 rings (SSSR count). The van der Waals surface area contributed by atoms with Gasteiger partial charge in [-0.15, -0.1) is 0 Å². The zero-order chi connectivity index (χ0) is 0. The van der Waals surface area contributed by atoms with Gasteiger partial charge in [0.1, 0.15) is 0 Å². The number of hydrogen-bond acceptors (Lipinski definition) is 0. The van der Waals surface area contributed by atoms with E-state index < -0.39 is 0 Å². The van der Waals surface area contributed by atoms with Gasteiger partial charge in [0.15, 0.2) is 0 Å². The van der Waals surface area contributed by atoms with Gasteiger partial charge in [-0.2, -0.15) is 13.5 Å². The van der Waals surface area contributed by atoms with E-state index in [2.05, 4.69) is 0 Å². The van der Waals surface area contributed by atoms with Crippen molar-refractivity contribution in [3.05, 3.63) is 0 Å². The Morgan fingerprint density at radius 3 is 1.00 bits per heavy atom. The van der Waals surface area contributed by atoms with Gasteiger partial charge in [0.05, 0.1) is 0 Å². The van der Waals surface area contributed by atoms with Gasteiger partial charge in [-0.3, -0.25) is 0 Å². The second-order valence-electron chi connectivity index (χ2n) is 0. The normalized spacial score (nSPS) is 0. The van der Waals surface area contributed by atoms with Crippen LogP contribution in [0.4, 0.5) is 0 Å². The first-order valence-corrected chi connectivity index (χ1v) is 0. The third-order valence-corrected chi connectivity index (χ3v) is 0. The van der Waals surface area contributed by atoms with Gasteiger partial charge in [0.25, 0.3) is 0 Å². The van der Waals surface area contributed by atoms with Crippen molar-refractivity contribution in [3.63, 3.8) is 0 Å². The topological polar surface area (TPSA) is 0 Å². The van der Waals surface area contributed by atoms with Crippen LogP contribution in [0.2, 0.25) is 0 Å². The Morgan fingerprint density at radius 2 is 1.00 bits per heavy atom. The van der Waals surface area contributed by atoms with E-state index in [0.717, 1.165) is 0 Å². The first kappa shape index (κ1) is 42.9. The van der Waals surface area contributed by atoms with Crippen molar-refractivity contribution in [1.82, 2.24) is 0 Å². The van der Waals surface area contributed by atoms with Crippen LogP contribution in [0, 0.1) is 0 Å². The molecule has 0 atom stereocenters. The minimum Gasteiger partial charge on any atom is -0.197 e. The van der Waals surface area contributed by atoms with Gasteiger partial charge in [0.2, 0.25) is 0 Å². The maximum atomic E-state index is 0. The summed E-state index contributed by atoms with van der Waals surface area (Å²) in [6.07, 6.45) is 0. The average Bonchev–Trinajstić information content (AvgIpc) is 0. The van der Waals surface area contributed by atoms with E-state index in [4.69, 9.17) is 0 Å². The molecule has 0 heterocycles. The summed E-state index contributed by atoms with van der Waals surface area (Å²) in [5.41, 5.74) is 0. The summed E-state index contributed by atoms with van der Waals surface area (Å²) < 4.78 is 0. The van der Waals surface area contributed by atoms with Gasteiger partial charge in [-0.05, 0) is 0 Å². The van der Waals surface area contributed by atoms with E-state index in [1.807, 2.05) is 0 Å². The Kier molecular flexibility index (Phi) is 237. The van der Waals surface area contributed by atoms with Crippen LogP contribution in [-0.4, -0.2) is 66.9 Å². The zero-order valence-corrected chi connectivity index (χ0v) is 11.5. The molecule has 0 fully saturated rings. The quantitative estimate of drug-likeness (QED) is 0.364. The van der Waals surface area contributed by atoms with Crippen molar-refractivity contribution >= 4 is 80.4 Å². The van der Waals surface area contributed by atoms with Crippen LogP contribution in [0.1, 0.15) is 0 Å². The van der Waals surface area contributed by atoms with Crippen LogP contribution in [0.25, 0.3) is 0 Å². The van der Waals surface area contributed by atoms with Crippen molar-refractivity contribution in [2.75, 3.05) is 0 Å². The summed E-state index contributed by atoms with van der Waals surface area (Å²) in [5, 5.41) is 0. The van der Waals surface area contributed by atoms with Crippen molar-refractivity contribution in [3.8, 4) is 0 Å². The predicted molar refractivity (Wildman–Crippen MR) is 27.6 cm³/mol. The summed E-state index contributed by atoms with van der Waals surface area (Å²) in [7, 11) is 0. The molecule has 0 bridgehead atoms. The van der Waals surface area contributed by atoms with E-state index >= 15 is 0 Å². The molecule has 8 radical (unpaired) electrons. The van der Waals surface area contributed by atoms with Gasteiger partial charge < -0.3 is 0 Å². The van der Waals surface area contributed by atoms with Gasteiger partial charge in [-0.1, -0.05) is 0 Å². The largest absolute Gasteiger partial charge is 0.197 e. The van der Waals surface area contributed by atoms with Crippen LogP contribution in [0.3, 0.4) is 0 Å². The van der Waals surface area contributed by atoms with Crippen LogP contribution in [0.5, 0.6) is 0 Å². The fourth-order valence-corrected chi connectivity index (χ4v) is 0. The van der Waals surface area contributed by atoms with Gasteiger partial charge in [-0.25, -0.2) is 0 Å². The molecular formula is H2BiCuSSeTe. The van der Waals surface area contributed by atoms with Gasteiger partial charge >= 0.3 is 0 Å². The first-order valence-electron chi connectivity index (χ1n) is 0. The molecule has 0 aliphatic carbocycles. The molecule has 0 aliphatic heterocycles. The molecule has 0 aromatic heterocycles. The molecule has 0 aliphatic rings. The monoisotopic (exact) mass is 516 g/mol.